The molecule has 0 radical (unpaired) electrons. The van der Waals surface area contributed by atoms with Crippen molar-refractivity contribution in [3.05, 3.63) is 34.6 Å². The van der Waals surface area contributed by atoms with Crippen molar-refractivity contribution in [2.45, 2.75) is 44.1 Å². The monoisotopic (exact) mass is 270 g/mol. The molecule has 0 unspecified atom stereocenters. The van der Waals surface area contributed by atoms with Crippen LogP contribution in [0.2, 0.25) is 5.02 Å². The molecule has 18 heavy (non-hydrogen) atoms. The zero-order valence-corrected chi connectivity index (χ0v) is 11.0. The van der Waals surface area contributed by atoms with Gasteiger partial charge in [-0.1, -0.05) is 17.7 Å². The third-order valence-electron chi connectivity index (χ3n) is 3.88. The molecule has 0 aromatic heterocycles. The summed E-state index contributed by atoms with van der Waals surface area (Å²) in [5, 5.41) is 10.2. The molecule has 2 nitrogen and oxygen atoms in total. The molecule has 0 aliphatic heterocycles. The first kappa shape index (κ1) is 13.5. The van der Waals surface area contributed by atoms with Gasteiger partial charge in [0.2, 0.25) is 0 Å². The average Bonchev–Trinajstić information content (AvgIpc) is 2.34. The first-order valence-corrected chi connectivity index (χ1v) is 6.48. The number of halogens is 2. The molecule has 0 bridgehead atoms. The molecule has 1 aliphatic carbocycles. The number of aliphatic hydroxyl groups is 1. The normalized spacial score (nSPS) is 28.1. The van der Waals surface area contributed by atoms with Crippen molar-refractivity contribution in [2.24, 2.45) is 0 Å². The van der Waals surface area contributed by atoms with Gasteiger partial charge in [0.25, 0.3) is 0 Å². The van der Waals surface area contributed by atoms with Crippen molar-refractivity contribution in [2.75, 3.05) is 0 Å². The Hall–Kier alpha value is -0.930. The molecule has 1 aromatic carbocycles. The van der Waals surface area contributed by atoms with E-state index in [1.165, 1.54) is 13.0 Å². The highest BCUT2D eigenvalue weighted by atomic mass is 35.5. The fourth-order valence-corrected chi connectivity index (χ4v) is 2.74. The number of Topliss-reactive ketones (excluding diaryl/α,β-unsaturated/α-hetero) is 1. The molecular formula is C14H16ClFO2. The number of ketones is 1. The Morgan fingerprint density at radius 2 is 2.06 bits per heavy atom. The highest BCUT2D eigenvalue weighted by molar-refractivity contribution is 6.30. The van der Waals surface area contributed by atoms with Gasteiger partial charge in [-0.3, -0.25) is 4.79 Å². The summed E-state index contributed by atoms with van der Waals surface area (Å²) in [5.41, 5.74) is -0.188. The third kappa shape index (κ3) is 2.57. The molecule has 98 valence electrons. The van der Waals surface area contributed by atoms with E-state index in [1.807, 2.05) is 0 Å². The lowest BCUT2D eigenvalue weighted by atomic mass is 9.74. The number of benzene rings is 1. The predicted molar refractivity (Wildman–Crippen MR) is 68.2 cm³/mol. The van der Waals surface area contributed by atoms with Crippen LogP contribution in [0.5, 0.6) is 0 Å². The van der Waals surface area contributed by atoms with Crippen LogP contribution in [0, 0.1) is 5.82 Å². The summed E-state index contributed by atoms with van der Waals surface area (Å²) < 4.78 is 13.1. The van der Waals surface area contributed by atoms with Gasteiger partial charge in [0, 0.05) is 0 Å². The van der Waals surface area contributed by atoms with Crippen molar-refractivity contribution >= 4 is 17.4 Å². The van der Waals surface area contributed by atoms with Gasteiger partial charge in [0.15, 0.2) is 5.78 Å². The van der Waals surface area contributed by atoms with Gasteiger partial charge in [-0.2, -0.15) is 0 Å². The molecule has 0 atom stereocenters. The first-order valence-electron chi connectivity index (χ1n) is 6.11. The summed E-state index contributed by atoms with van der Waals surface area (Å²) in [7, 11) is 0. The second-order valence-electron chi connectivity index (χ2n) is 5.04. The summed E-state index contributed by atoms with van der Waals surface area (Å²) in [5.74, 6) is -0.350. The summed E-state index contributed by atoms with van der Waals surface area (Å²) in [6.45, 7) is 1.43. The summed E-state index contributed by atoms with van der Waals surface area (Å²) in [6, 6.07) is 4.73. The maximum absolute atomic E-state index is 13.1. The SMILES string of the molecule is CC(=O)C1(O)CCC(c2ccc(F)c(Cl)c2)CC1. The minimum Gasteiger partial charge on any atom is -0.382 e. The van der Waals surface area contributed by atoms with E-state index in [-0.39, 0.29) is 16.7 Å². The molecule has 0 amide bonds. The van der Waals surface area contributed by atoms with Crippen LogP contribution in [0.1, 0.15) is 44.1 Å². The predicted octanol–water partition coefficient (Wildman–Crippen LogP) is 3.46. The van der Waals surface area contributed by atoms with Crippen LogP contribution in [-0.4, -0.2) is 16.5 Å². The maximum atomic E-state index is 13.1. The van der Waals surface area contributed by atoms with Crippen LogP contribution >= 0.6 is 11.6 Å². The number of carbonyl (C=O) groups excluding carboxylic acids is 1. The van der Waals surface area contributed by atoms with Gasteiger partial charge < -0.3 is 5.11 Å². The molecule has 1 saturated carbocycles. The second-order valence-corrected chi connectivity index (χ2v) is 5.44. The van der Waals surface area contributed by atoms with E-state index in [1.54, 1.807) is 12.1 Å². The van der Waals surface area contributed by atoms with Crippen molar-refractivity contribution in [1.29, 1.82) is 0 Å². The third-order valence-corrected chi connectivity index (χ3v) is 4.17. The lowest BCUT2D eigenvalue weighted by Crippen LogP contribution is -2.40. The van der Waals surface area contributed by atoms with Crippen molar-refractivity contribution < 1.29 is 14.3 Å². The first-order chi connectivity index (χ1) is 8.42. The van der Waals surface area contributed by atoms with E-state index in [0.29, 0.717) is 12.8 Å². The molecule has 0 spiro atoms. The standard InChI is InChI=1S/C14H16ClFO2/c1-9(17)14(18)6-4-10(5-7-14)11-2-3-13(16)12(15)8-11/h2-3,8,10,18H,4-7H2,1H3. The molecule has 1 fully saturated rings. The number of hydrogen-bond donors (Lipinski definition) is 1. The zero-order valence-electron chi connectivity index (χ0n) is 10.2. The Balaban J connectivity index is 2.10. The van der Waals surface area contributed by atoms with E-state index in [0.717, 1.165) is 18.4 Å². The van der Waals surface area contributed by atoms with Gasteiger partial charge in [-0.05, 0) is 56.2 Å². The molecular weight excluding hydrogens is 255 g/mol. The van der Waals surface area contributed by atoms with Crippen LogP contribution in [0.4, 0.5) is 4.39 Å². The molecule has 0 saturated heterocycles. The Morgan fingerprint density at radius 1 is 1.44 bits per heavy atom. The Labute approximate surface area is 111 Å². The molecule has 0 heterocycles. The van der Waals surface area contributed by atoms with E-state index in [4.69, 9.17) is 11.6 Å². The topological polar surface area (TPSA) is 37.3 Å². The van der Waals surface area contributed by atoms with Crippen LogP contribution in [-0.2, 0) is 4.79 Å². The van der Waals surface area contributed by atoms with Gasteiger partial charge in [0.05, 0.1) is 5.02 Å². The van der Waals surface area contributed by atoms with Crippen LogP contribution in [0.15, 0.2) is 18.2 Å². The average molecular weight is 271 g/mol. The molecule has 1 aromatic rings. The molecule has 4 heteroatoms. The maximum Gasteiger partial charge on any atom is 0.161 e. The van der Waals surface area contributed by atoms with Crippen LogP contribution in [0.3, 0.4) is 0 Å². The van der Waals surface area contributed by atoms with Gasteiger partial charge in [0.1, 0.15) is 11.4 Å². The summed E-state index contributed by atoms with van der Waals surface area (Å²) in [6.07, 6.45) is 2.36. The number of rotatable bonds is 2. The van der Waals surface area contributed by atoms with Gasteiger partial charge in [-0.25, -0.2) is 4.39 Å². The number of hydrogen-bond acceptors (Lipinski definition) is 2. The quantitative estimate of drug-likeness (QED) is 0.894. The lowest BCUT2D eigenvalue weighted by molar-refractivity contribution is -0.138. The van der Waals surface area contributed by atoms with Crippen molar-refractivity contribution in [3.8, 4) is 0 Å². The largest absolute Gasteiger partial charge is 0.382 e. The highest BCUT2D eigenvalue weighted by Crippen LogP contribution is 2.39. The van der Waals surface area contributed by atoms with Crippen molar-refractivity contribution in [1.82, 2.24) is 0 Å². The van der Waals surface area contributed by atoms with Gasteiger partial charge in [-0.15, -0.1) is 0 Å². The second kappa shape index (κ2) is 4.98. The van der Waals surface area contributed by atoms with E-state index < -0.39 is 11.4 Å². The van der Waals surface area contributed by atoms with E-state index >= 15 is 0 Å². The fourth-order valence-electron chi connectivity index (χ4n) is 2.55. The zero-order chi connectivity index (χ0) is 13.3. The molecule has 1 N–H and O–H groups in total. The Kier molecular flexibility index (Phi) is 3.74. The minimum absolute atomic E-state index is 0.125. The van der Waals surface area contributed by atoms with Crippen LogP contribution in [0.25, 0.3) is 0 Å². The Bertz CT molecular complexity index is 465. The fraction of sp³-hybridized carbons (Fsp3) is 0.500. The number of carbonyl (C=O) groups is 1. The molecule has 2 rings (SSSR count). The van der Waals surface area contributed by atoms with Crippen LogP contribution < -0.4 is 0 Å². The molecule has 1 aliphatic rings. The minimum atomic E-state index is -1.17. The lowest BCUT2D eigenvalue weighted by Gasteiger charge is -2.34. The van der Waals surface area contributed by atoms with E-state index in [2.05, 4.69) is 0 Å². The highest BCUT2D eigenvalue weighted by Gasteiger charge is 2.37. The Morgan fingerprint density at radius 3 is 2.56 bits per heavy atom. The van der Waals surface area contributed by atoms with Crippen molar-refractivity contribution in [3.63, 3.8) is 0 Å². The van der Waals surface area contributed by atoms with E-state index in [9.17, 15) is 14.3 Å². The summed E-state index contributed by atoms with van der Waals surface area (Å²) >= 11 is 5.76. The smallest absolute Gasteiger partial charge is 0.161 e. The summed E-state index contributed by atoms with van der Waals surface area (Å²) in [4.78, 5) is 11.3. The van der Waals surface area contributed by atoms with Gasteiger partial charge >= 0.3 is 0 Å².